The maximum absolute atomic E-state index is 12.9. The van der Waals surface area contributed by atoms with Gasteiger partial charge in [-0.2, -0.15) is 0 Å². The molecule has 0 fully saturated rings. The molecule has 0 heterocycles. The van der Waals surface area contributed by atoms with Crippen molar-refractivity contribution < 1.29 is 9.13 Å². The third-order valence-electron chi connectivity index (χ3n) is 3.88. The zero-order valence-electron chi connectivity index (χ0n) is 14.0. The monoisotopic (exact) mass is 433 g/mol. The van der Waals surface area contributed by atoms with Crippen LogP contribution in [0.25, 0.3) is 0 Å². The lowest BCUT2D eigenvalue weighted by atomic mass is 10.2. The normalized spacial score (nSPS) is 10.7. The second kappa shape index (κ2) is 9.17. The van der Waals surface area contributed by atoms with Gasteiger partial charge in [0.1, 0.15) is 18.2 Å². The lowest BCUT2D eigenvalue weighted by Crippen LogP contribution is -2.12. The number of benzene rings is 3. The zero-order chi connectivity index (χ0) is 18.4. The minimum Gasteiger partial charge on any atom is -0.488 e. The molecule has 3 rings (SSSR count). The average Bonchev–Trinajstić information content (AvgIpc) is 2.64. The number of halogens is 3. The Kier molecular flexibility index (Phi) is 6.67. The molecule has 0 saturated carbocycles. The van der Waals surface area contributed by atoms with E-state index in [1.807, 2.05) is 42.5 Å². The van der Waals surface area contributed by atoms with Gasteiger partial charge in [-0.3, -0.25) is 0 Å². The first-order chi connectivity index (χ1) is 12.6. The molecule has 3 aromatic carbocycles. The van der Waals surface area contributed by atoms with Crippen LogP contribution in [0.15, 0.2) is 71.2 Å². The molecule has 0 aliphatic rings. The Morgan fingerprint density at radius 1 is 0.846 bits per heavy atom. The summed E-state index contributed by atoms with van der Waals surface area (Å²) in [5.74, 6) is 0.578. The van der Waals surface area contributed by atoms with E-state index in [9.17, 15) is 4.39 Å². The third-order valence-corrected chi connectivity index (χ3v) is 4.75. The van der Waals surface area contributed by atoms with Crippen molar-refractivity contribution in [2.75, 3.05) is 0 Å². The molecule has 26 heavy (non-hydrogen) atoms. The van der Waals surface area contributed by atoms with E-state index in [-0.39, 0.29) is 5.82 Å². The van der Waals surface area contributed by atoms with Crippen LogP contribution in [0.1, 0.15) is 16.7 Å². The van der Waals surface area contributed by atoms with Crippen molar-refractivity contribution >= 4 is 27.5 Å². The highest BCUT2D eigenvalue weighted by atomic mass is 79.9. The quantitative estimate of drug-likeness (QED) is 0.484. The topological polar surface area (TPSA) is 21.3 Å². The number of rotatable bonds is 7. The molecule has 0 amide bonds. The first-order valence-corrected chi connectivity index (χ1v) is 9.38. The summed E-state index contributed by atoms with van der Waals surface area (Å²) in [6.45, 7) is 1.89. The molecule has 0 aliphatic heterocycles. The highest BCUT2D eigenvalue weighted by Gasteiger charge is 2.04. The van der Waals surface area contributed by atoms with Crippen molar-refractivity contribution in [3.8, 4) is 5.75 Å². The van der Waals surface area contributed by atoms with Crippen molar-refractivity contribution in [2.24, 2.45) is 0 Å². The van der Waals surface area contributed by atoms with E-state index in [0.717, 1.165) is 26.9 Å². The lowest BCUT2D eigenvalue weighted by molar-refractivity contribution is 0.304. The van der Waals surface area contributed by atoms with Crippen molar-refractivity contribution in [3.05, 3.63) is 98.7 Å². The molecule has 5 heteroatoms. The molecular formula is C21H18BrClFNO. The van der Waals surface area contributed by atoms with Crippen LogP contribution in [0.2, 0.25) is 5.02 Å². The zero-order valence-corrected chi connectivity index (χ0v) is 16.4. The summed E-state index contributed by atoms with van der Waals surface area (Å²) >= 11 is 9.45. The predicted octanol–water partition coefficient (Wildman–Crippen LogP) is 6.11. The fourth-order valence-electron chi connectivity index (χ4n) is 2.47. The minimum atomic E-state index is -0.216. The van der Waals surface area contributed by atoms with E-state index in [1.165, 1.54) is 12.1 Å². The summed E-state index contributed by atoms with van der Waals surface area (Å²) in [6, 6.07) is 20.1. The summed E-state index contributed by atoms with van der Waals surface area (Å²) in [4.78, 5) is 0. The Labute approximate surface area is 166 Å². The molecule has 0 aromatic heterocycles. The fraction of sp³-hybridized carbons (Fsp3) is 0.143. The van der Waals surface area contributed by atoms with Gasteiger partial charge in [0.25, 0.3) is 0 Å². The summed E-state index contributed by atoms with van der Waals surface area (Å²) < 4.78 is 19.7. The Morgan fingerprint density at radius 3 is 2.15 bits per heavy atom. The summed E-state index contributed by atoms with van der Waals surface area (Å²) in [7, 11) is 0. The van der Waals surface area contributed by atoms with E-state index in [0.29, 0.717) is 24.7 Å². The third kappa shape index (κ3) is 5.56. The molecule has 0 spiro atoms. The van der Waals surface area contributed by atoms with Gasteiger partial charge in [0.05, 0.1) is 4.47 Å². The van der Waals surface area contributed by atoms with Crippen LogP contribution < -0.4 is 10.1 Å². The number of hydrogen-bond acceptors (Lipinski definition) is 2. The fourth-order valence-corrected chi connectivity index (χ4v) is 3.13. The van der Waals surface area contributed by atoms with E-state index >= 15 is 0 Å². The maximum Gasteiger partial charge on any atom is 0.134 e. The molecular weight excluding hydrogens is 417 g/mol. The predicted molar refractivity (Wildman–Crippen MR) is 107 cm³/mol. The van der Waals surface area contributed by atoms with Crippen molar-refractivity contribution in [1.29, 1.82) is 0 Å². The molecule has 0 aliphatic carbocycles. The van der Waals surface area contributed by atoms with Crippen LogP contribution in [-0.2, 0) is 19.7 Å². The second-order valence-corrected chi connectivity index (χ2v) is 7.20. The molecule has 3 aromatic rings. The molecule has 0 atom stereocenters. The van der Waals surface area contributed by atoms with Gasteiger partial charge < -0.3 is 10.1 Å². The Morgan fingerprint density at radius 2 is 1.46 bits per heavy atom. The number of nitrogens with one attached hydrogen (secondary N) is 1. The van der Waals surface area contributed by atoms with Gasteiger partial charge >= 0.3 is 0 Å². The van der Waals surface area contributed by atoms with Crippen LogP contribution in [-0.4, -0.2) is 0 Å². The van der Waals surface area contributed by atoms with Crippen LogP contribution in [0, 0.1) is 5.82 Å². The maximum atomic E-state index is 12.9. The van der Waals surface area contributed by atoms with Crippen molar-refractivity contribution in [2.45, 2.75) is 19.7 Å². The number of hydrogen-bond donors (Lipinski definition) is 1. The van der Waals surface area contributed by atoms with E-state index in [1.54, 1.807) is 12.1 Å². The van der Waals surface area contributed by atoms with Gasteiger partial charge in [-0.15, -0.1) is 0 Å². The van der Waals surface area contributed by atoms with Gasteiger partial charge in [-0.05, 0) is 69.0 Å². The lowest BCUT2D eigenvalue weighted by Gasteiger charge is -2.11. The molecule has 0 radical (unpaired) electrons. The second-order valence-electron chi connectivity index (χ2n) is 5.91. The largest absolute Gasteiger partial charge is 0.488 e. The van der Waals surface area contributed by atoms with Crippen molar-refractivity contribution in [1.82, 2.24) is 5.32 Å². The van der Waals surface area contributed by atoms with Crippen molar-refractivity contribution in [3.63, 3.8) is 0 Å². The van der Waals surface area contributed by atoms with Crippen LogP contribution in [0.3, 0.4) is 0 Å². The minimum absolute atomic E-state index is 0.216. The summed E-state index contributed by atoms with van der Waals surface area (Å²) in [6.07, 6.45) is 0. The number of ether oxygens (including phenoxy) is 1. The Bertz CT molecular complexity index is 853. The molecule has 1 N–H and O–H groups in total. The molecule has 0 bridgehead atoms. The molecule has 0 saturated heterocycles. The summed E-state index contributed by atoms with van der Waals surface area (Å²) in [5.41, 5.74) is 3.25. The van der Waals surface area contributed by atoms with Gasteiger partial charge in [-0.1, -0.05) is 41.9 Å². The standard InChI is InChI=1S/C21H18BrClFNO/c22-20-11-17(13-25-12-15-3-8-19(24)9-4-15)5-10-21(20)26-14-16-1-6-18(23)7-2-16/h1-11,25H,12-14H2. The molecule has 0 unspecified atom stereocenters. The van der Waals surface area contributed by atoms with Gasteiger partial charge in [0, 0.05) is 18.1 Å². The van der Waals surface area contributed by atoms with Crippen LogP contribution >= 0.6 is 27.5 Å². The highest BCUT2D eigenvalue weighted by molar-refractivity contribution is 9.10. The average molecular weight is 435 g/mol. The van der Waals surface area contributed by atoms with Gasteiger partial charge in [0.15, 0.2) is 0 Å². The Balaban J connectivity index is 1.51. The first kappa shape index (κ1) is 18.9. The highest BCUT2D eigenvalue weighted by Crippen LogP contribution is 2.27. The molecule has 134 valence electrons. The molecule has 2 nitrogen and oxygen atoms in total. The van der Waals surface area contributed by atoms with E-state index in [4.69, 9.17) is 16.3 Å². The van der Waals surface area contributed by atoms with Gasteiger partial charge in [0.2, 0.25) is 0 Å². The van der Waals surface area contributed by atoms with E-state index < -0.39 is 0 Å². The Hall–Kier alpha value is -1.88. The van der Waals surface area contributed by atoms with E-state index in [2.05, 4.69) is 21.2 Å². The van der Waals surface area contributed by atoms with Crippen LogP contribution in [0.5, 0.6) is 5.75 Å². The SMILES string of the molecule is Fc1ccc(CNCc2ccc(OCc3ccc(Cl)cc3)c(Br)c2)cc1. The van der Waals surface area contributed by atoms with Crippen LogP contribution in [0.4, 0.5) is 4.39 Å². The summed E-state index contributed by atoms with van der Waals surface area (Å²) in [5, 5.41) is 4.07. The first-order valence-electron chi connectivity index (χ1n) is 8.21. The van der Waals surface area contributed by atoms with Gasteiger partial charge in [-0.25, -0.2) is 4.39 Å². The smallest absolute Gasteiger partial charge is 0.134 e.